The van der Waals surface area contributed by atoms with Crippen molar-refractivity contribution in [3.05, 3.63) is 54.0 Å². The Morgan fingerprint density at radius 3 is 2.64 bits per heavy atom. The van der Waals surface area contributed by atoms with Crippen LogP contribution in [0.3, 0.4) is 0 Å². The van der Waals surface area contributed by atoms with E-state index in [2.05, 4.69) is 31.9 Å². The third kappa shape index (κ3) is 2.88. The number of H-pyrrole nitrogens is 1. The topological polar surface area (TPSA) is 68.3 Å². The molecule has 2 aromatic heterocycles. The fourth-order valence-electron chi connectivity index (χ4n) is 4.92. The summed E-state index contributed by atoms with van der Waals surface area (Å²) in [7, 11) is 0. The van der Waals surface area contributed by atoms with Gasteiger partial charge in [0.15, 0.2) is 5.82 Å². The molecule has 0 spiro atoms. The van der Waals surface area contributed by atoms with Crippen LogP contribution in [0.15, 0.2) is 42.6 Å². The molecule has 0 bridgehead atoms. The molecule has 2 saturated heterocycles. The van der Waals surface area contributed by atoms with Crippen molar-refractivity contribution in [3.63, 3.8) is 0 Å². The second-order valence-electron chi connectivity index (χ2n) is 8.08. The van der Waals surface area contributed by atoms with Gasteiger partial charge in [0.25, 0.3) is 0 Å². The quantitative estimate of drug-likeness (QED) is 0.735. The lowest BCUT2D eigenvalue weighted by Crippen LogP contribution is -2.60. The molecule has 0 amide bonds. The van der Waals surface area contributed by atoms with Crippen molar-refractivity contribution in [2.24, 2.45) is 0 Å². The van der Waals surface area contributed by atoms with Crippen LogP contribution in [0.5, 0.6) is 0 Å². The second kappa shape index (κ2) is 6.87. The lowest BCUT2D eigenvalue weighted by Gasteiger charge is -2.49. The number of nitrogens with zero attached hydrogens (tertiary/aromatic N) is 4. The zero-order valence-corrected chi connectivity index (χ0v) is 16.3. The van der Waals surface area contributed by atoms with E-state index in [0.29, 0.717) is 6.42 Å². The van der Waals surface area contributed by atoms with Crippen molar-refractivity contribution >= 4 is 16.9 Å². The first-order valence-electron chi connectivity index (χ1n) is 10.2. The van der Waals surface area contributed by atoms with Crippen molar-refractivity contribution in [3.8, 4) is 0 Å². The molecule has 0 unspecified atom stereocenters. The molecule has 5 rings (SSSR count). The smallest absolute Gasteiger partial charge is 0.156 e. The first-order chi connectivity index (χ1) is 13.6. The number of hydrogen-bond donors (Lipinski definition) is 2. The molecule has 2 aliphatic rings. The van der Waals surface area contributed by atoms with E-state index in [4.69, 9.17) is 4.98 Å². The lowest BCUT2D eigenvalue weighted by atomic mass is 9.79. The highest BCUT2D eigenvalue weighted by Gasteiger charge is 2.46. The SMILES string of the molecule is Cc1nc(N2CC[C@](O)(c3ccccc3)[C@H](N3CCCC3)C2)c2[nH]ccc2n1. The van der Waals surface area contributed by atoms with Crippen molar-refractivity contribution in [2.45, 2.75) is 37.8 Å². The van der Waals surface area contributed by atoms with Gasteiger partial charge >= 0.3 is 0 Å². The zero-order valence-electron chi connectivity index (χ0n) is 16.3. The molecule has 2 fully saturated rings. The number of aromatic amines is 1. The molecule has 146 valence electrons. The van der Waals surface area contributed by atoms with Crippen LogP contribution in [0.25, 0.3) is 11.0 Å². The van der Waals surface area contributed by atoms with Gasteiger partial charge in [-0.05, 0) is 50.9 Å². The van der Waals surface area contributed by atoms with Gasteiger partial charge in [0.1, 0.15) is 16.9 Å². The number of aliphatic hydroxyl groups is 1. The van der Waals surface area contributed by atoms with E-state index in [-0.39, 0.29) is 6.04 Å². The third-order valence-corrected chi connectivity index (χ3v) is 6.36. The molecular weight excluding hydrogens is 350 g/mol. The van der Waals surface area contributed by atoms with Crippen LogP contribution in [0, 0.1) is 6.92 Å². The van der Waals surface area contributed by atoms with E-state index in [1.54, 1.807) is 0 Å². The van der Waals surface area contributed by atoms with Gasteiger partial charge < -0.3 is 15.0 Å². The van der Waals surface area contributed by atoms with E-state index in [9.17, 15) is 5.11 Å². The van der Waals surface area contributed by atoms with E-state index in [0.717, 1.165) is 54.4 Å². The highest BCUT2D eigenvalue weighted by molar-refractivity contribution is 5.86. The fraction of sp³-hybridized carbons (Fsp3) is 0.455. The molecule has 2 aliphatic heterocycles. The minimum absolute atomic E-state index is 0.0476. The van der Waals surface area contributed by atoms with Gasteiger partial charge in [0.05, 0.1) is 11.6 Å². The molecule has 1 aromatic carbocycles. The summed E-state index contributed by atoms with van der Waals surface area (Å²) in [5, 5.41) is 11.8. The van der Waals surface area contributed by atoms with Gasteiger partial charge in [0.2, 0.25) is 0 Å². The maximum atomic E-state index is 11.8. The number of fused-ring (bicyclic) bond motifs is 1. The summed E-state index contributed by atoms with van der Waals surface area (Å²) in [5.74, 6) is 1.73. The minimum atomic E-state index is -0.834. The number of likely N-dealkylation sites (tertiary alicyclic amines) is 1. The van der Waals surface area contributed by atoms with Gasteiger partial charge in [-0.3, -0.25) is 4.90 Å². The summed E-state index contributed by atoms with van der Waals surface area (Å²) in [4.78, 5) is 17.4. The second-order valence-corrected chi connectivity index (χ2v) is 8.08. The maximum absolute atomic E-state index is 11.8. The normalized spacial score (nSPS) is 26.2. The number of benzene rings is 1. The summed E-state index contributed by atoms with van der Waals surface area (Å²) < 4.78 is 0. The molecule has 4 heterocycles. The van der Waals surface area contributed by atoms with Crippen LogP contribution in [-0.2, 0) is 5.60 Å². The molecule has 28 heavy (non-hydrogen) atoms. The van der Waals surface area contributed by atoms with Crippen LogP contribution < -0.4 is 4.90 Å². The summed E-state index contributed by atoms with van der Waals surface area (Å²) in [6.45, 7) is 5.57. The molecule has 2 N–H and O–H groups in total. The van der Waals surface area contributed by atoms with Gasteiger partial charge in [-0.25, -0.2) is 9.97 Å². The van der Waals surface area contributed by atoms with E-state index < -0.39 is 5.60 Å². The number of anilines is 1. The molecule has 0 saturated carbocycles. The Balaban J connectivity index is 1.53. The summed E-state index contributed by atoms with van der Waals surface area (Å²) >= 11 is 0. The predicted octanol–water partition coefficient (Wildman–Crippen LogP) is 2.83. The lowest BCUT2D eigenvalue weighted by molar-refractivity contribution is -0.0603. The van der Waals surface area contributed by atoms with Crippen molar-refractivity contribution in [1.29, 1.82) is 0 Å². The van der Waals surface area contributed by atoms with Crippen LogP contribution in [0.2, 0.25) is 0 Å². The van der Waals surface area contributed by atoms with Gasteiger partial charge in [0, 0.05) is 19.3 Å². The Hall–Kier alpha value is -2.44. The monoisotopic (exact) mass is 377 g/mol. The molecule has 6 heteroatoms. The summed E-state index contributed by atoms with van der Waals surface area (Å²) in [5.41, 5.74) is 2.12. The summed E-state index contributed by atoms with van der Waals surface area (Å²) in [6, 6.07) is 12.2. The Bertz CT molecular complexity index is 965. The first kappa shape index (κ1) is 17.6. The number of rotatable bonds is 3. The largest absolute Gasteiger partial charge is 0.383 e. The van der Waals surface area contributed by atoms with Gasteiger partial charge in [-0.15, -0.1) is 0 Å². The molecule has 3 aromatic rings. The molecule has 2 atom stereocenters. The number of nitrogens with one attached hydrogen (secondary N) is 1. The molecular formula is C22H27N5O. The standard InChI is InChI=1S/C22H27N5O/c1-16-24-18-9-11-23-20(18)21(25-16)27-14-10-22(28,17-7-3-2-4-8-17)19(15-27)26-12-5-6-13-26/h2-4,7-9,11,19,23,28H,5-6,10,12-15H2,1H3/t19-,22+/m1/s1. The third-order valence-electron chi connectivity index (χ3n) is 6.36. The number of aromatic nitrogens is 3. The van der Waals surface area contributed by atoms with Crippen molar-refractivity contribution in [2.75, 3.05) is 31.1 Å². The van der Waals surface area contributed by atoms with Gasteiger partial charge in [-0.1, -0.05) is 30.3 Å². The zero-order chi connectivity index (χ0) is 19.1. The predicted molar refractivity (Wildman–Crippen MR) is 110 cm³/mol. The number of aryl methyl sites for hydroxylation is 1. The minimum Gasteiger partial charge on any atom is -0.383 e. The van der Waals surface area contributed by atoms with Crippen molar-refractivity contribution in [1.82, 2.24) is 19.9 Å². The Morgan fingerprint density at radius 1 is 1.07 bits per heavy atom. The maximum Gasteiger partial charge on any atom is 0.156 e. The molecule has 0 aliphatic carbocycles. The van der Waals surface area contributed by atoms with E-state index in [1.807, 2.05) is 37.4 Å². The van der Waals surface area contributed by atoms with Crippen LogP contribution in [-0.4, -0.2) is 57.2 Å². The van der Waals surface area contributed by atoms with E-state index >= 15 is 0 Å². The number of hydrogen-bond acceptors (Lipinski definition) is 5. The highest BCUT2D eigenvalue weighted by Crippen LogP contribution is 2.39. The average molecular weight is 377 g/mol. The summed E-state index contributed by atoms with van der Waals surface area (Å²) in [6.07, 6.45) is 5.01. The Morgan fingerprint density at radius 2 is 1.86 bits per heavy atom. The van der Waals surface area contributed by atoms with Crippen LogP contribution in [0.1, 0.15) is 30.7 Å². The number of piperidine rings is 1. The van der Waals surface area contributed by atoms with E-state index in [1.165, 1.54) is 12.8 Å². The molecule has 0 radical (unpaired) electrons. The highest BCUT2D eigenvalue weighted by atomic mass is 16.3. The molecule has 6 nitrogen and oxygen atoms in total. The Kier molecular flexibility index (Phi) is 4.33. The van der Waals surface area contributed by atoms with Gasteiger partial charge in [-0.2, -0.15) is 0 Å². The average Bonchev–Trinajstić information content (AvgIpc) is 3.40. The first-order valence-corrected chi connectivity index (χ1v) is 10.2. The Labute approximate surface area is 165 Å². The fourth-order valence-corrected chi connectivity index (χ4v) is 4.92. The van der Waals surface area contributed by atoms with Crippen LogP contribution >= 0.6 is 0 Å². The van der Waals surface area contributed by atoms with Crippen LogP contribution in [0.4, 0.5) is 5.82 Å². The van der Waals surface area contributed by atoms with Crippen molar-refractivity contribution < 1.29 is 5.11 Å².